The molecule has 0 saturated carbocycles. The van der Waals surface area contributed by atoms with E-state index < -0.39 is 6.10 Å². The number of nitrogens with zero attached hydrogens (tertiary/aromatic N) is 5. The van der Waals surface area contributed by atoms with E-state index in [-0.39, 0.29) is 42.2 Å². The highest BCUT2D eigenvalue weighted by Crippen LogP contribution is 2.42. The third-order valence-corrected chi connectivity index (χ3v) is 10.0. The summed E-state index contributed by atoms with van der Waals surface area (Å²) >= 11 is 14.2. The Hall–Kier alpha value is -5.01. The van der Waals surface area contributed by atoms with E-state index in [9.17, 15) is 19.5 Å². The van der Waals surface area contributed by atoms with E-state index in [1.165, 1.54) is 17.6 Å². The van der Waals surface area contributed by atoms with Gasteiger partial charge in [-0.15, -0.1) is 0 Å². The first-order chi connectivity index (χ1) is 25.0. The van der Waals surface area contributed by atoms with E-state index in [4.69, 9.17) is 32.9 Å². The molecular formula is C38H39Cl2N7O5. The highest BCUT2D eigenvalue weighted by Gasteiger charge is 2.25. The molecule has 5 aromatic rings. The fraction of sp³-hybridized carbons (Fsp3) is 0.289. The molecule has 270 valence electrons. The van der Waals surface area contributed by atoms with Gasteiger partial charge in [-0.3, -0.25) is 23.7 Å². The lowest BCUT2D eigenvalue weighted by atomic mass is 9.97. The number of likely N-dealkylation sites (N-methyl/N-ethyl adjacent to an activating group) is 1. The number of nitrogens with one attached hydrogen (secondary N) is 2. The smallest absolute Gasteiger partial charge is 0.281 e. The average molecular weight is 745 g/mol. The number of aromatic nitrogens is 3. The number of aliphatic hydroxyl groups is 1. The minimum atomic E-state index is -0.957. The summed E-state index contributed by atoms with van der Waals surface area (Å²) in [6, 6.07) is 18.8. The molecule has 3 N–H and O–H groups in total. The normalized spacial score (nSPS) is 14.8. The number of benzene rings is 2. The number of anilines is 1. The molecule has 1 saturated heterocycles. The second-order valence-corrected chi connectivity index (χ2v) is 13.5. The summed E-state index contributed by atoms with van der Waals surface area (Å²) in [5.41, 5.74) is 5.50. The van der Waals surface area contributed by atoms with Crippen LogP contribution in [0.2, 0.25) is 10.0 Å². The second-order valence-electron chi connectivity index (χ2n) is 12.7. The number of carbonyl (C=O) groups is 2. The van der Waals surface area contributed by atoms with Gasteiger partial charge in [0.05, 0.1) is 47.7 Å². The molecule has 14 heteroatoms. The van der Waals surface area contributed by atoms with E-state index >= 15 is 0 Å². The number of ether oxygens (including phenoxy) is 1. The van der Waals surface area contributed by atoms with Gasteiger partial charge >= 0.3 is 0 Å². The highest BCUT2D eigenvalue weighted by atomic mass is 35.5. The van der Waals surface area contributed by atoms with Crippen LogP contribution in [-0.4, -0.2) is 83.3 Å². The topological polar surface area (TPSA) is 141 Å². The van der Waals surface area contributed by atoms with Crippen LogP contribution in [0.3, 0.4) is 0 Å². The molecule has 0 spiro atoms. The van der Waals surface area contributed by atoms with Gasteiger partial charge < -0.3 is 25.4 Å². The molecule has 0 unspecified atom stereocenters. The summed E-state index contributed by atoms with van der Waals surface area (Å²) < 4.78 is 7.10. The van der Waals surface area contributed by atoms with Gasteiger partial charge in [0.15, 0.2) is 0 Å². The van der Waals surface area contributed by atoms with Gasteiger partial charge in [0.2, 0.25) is 17.7 Å². The van der Waals surface area contributed by atoms with Crippen LogP contribution in [0.15, 0.2) is 77.9 Å². The zero-order valence-corrected chi connectivity index (χ0v) is 30.7. The van der Waals surface area contributed by atoms with Crippen molar-refractivity contribution in [3.63, 3.8) is 0 Å². The summed E-state index contributed by atoms with van der Waals surface area (Å²) in [5.74, 6) is 0.230. The lowest BCUT2D eigenvalue weighted by Gasteiger charge is -2.24. The SMILES string of the molecule is CNC(=O)C[C@H](O)CN(C)c1cnc2cc(-c3cccc(-c4cccc(-c5ccc(CN(C)[C@H]6CCC(=O)N6)c(OC)n5)c4Cl)c3Cl)ccn2c1=O. The molecule has 12 nitrogen and oxygen atoms in total. The van der Waals surface area contributed by atoms with Crippen LogP contribution in [-0.2, 0) is 16.1 Å². The lowest BCUT2D eigenvalue weighted by molar-refractivity contribution is -0.122. The summed E-state index contributed by atoms with van der Waals surface area (Å²) in [4.78, 5) is 49.7. The first kappa shape index (κ1) is 36.8. The van der Waals surface area contributed by atoms with Crippen molar-refractivity contribution < 1.29 is 19.4 Å². The minimum absolute atomic E-state index is 0.0360. The molecule has 52 heavy (non-hydrogen) atoms. The number of halogens is 2. The van der Waals surface area contributed by atoms with E-state index in [1.807, 2.05) is 55.6 Å². The summed E-state index contributed by atoms with van der Waals surface area (Å²) in [6.07, 6.45) is 3.29. The predicted octanol–water partition coefficient (Wildman–Crippen LogP) is 5.01. The Bertz CT molecular complexity index is 2210. The summed E-state index contributed by atoms with van der Waals surface area (Å²) in [6.45, 7) is 0.620. The van der Waals surface area contributed by atoms with Gasteiger partial charge in [-0.2, -0.15) is 0 Å². The highest BCUT2D eigenvalue weighted by molar-refractivity contribution is 6.39. The molecule has 0 aliphatic carbocycles. The maximum atomic E-state index is 13.4. The molecule has 2 amide bonds. The molecule has 3 aromatic heterocycles. The van der Waals surface area contributed by atoms with Gasteiger partial charge in [0, 0.05) is 67.6 Å². The molecule has 2 atom stereocenters. The standard InChI is InChI=1S/C38H39Cl2N7O5/c1-41-34(50)18-24(48)21-45(2)30-19-42-32-17-22(15-16-47(32)38(30)51)25-7-5-8-26(35(25)39)27-9-6-10-28(36(27)40)29-12-11-23(37(43-29)52-4)20-46(3)31-13-14-33(49)44-31/h5-12,15-17,19,24,31,48H,13-14,18,20-21H2,1-4H3,(H,41,50)(H,44,49)/t24-,31-/m0/s1. The Morgan fingerprint density at radius 2 is 1.75 bits per heavy atom. The number of amides is 2. The molecule has 1 aliphatic rings. The van der Waals surface area contributed by atoms with Crippen LogP contribution < -0.4 is 25.8 Å². The zero-order chi connectivity index (χ0) is 37.1. The number of hydrogen-bond donors (Lipinski definition) is 3. The molecule has 6 rings (SSSR count). The van der Waals surface area contributed by atoms with Crippen molar-refractivity contribution in [2.75, 3.05) is 39.7 Å². The van der Waals surface area contributed by atoms with Crippen molar-refractivity contribution in [3.05, 3.63) is 99.0 Å². The van der Waals surface area contributed by atoms with E-state index in [1.54, 1.807) is 37.4 Å². The maximum absolute atomic E-state index is 13.4. The van der Waals surface area contributed by atoms with E-state index in [2.05, 4.69) is 20.5 Å². The van der Waals surface area contributed by atoms with E-state index in [0.29, 0.717) is 56.9 Å². The third-order valence-electron chi connectivity index (χ3n) is 9.22. The van der Waals surface area contributed by atoms with Crippen molar-refractivity contribution in [1.82, 2.24) is 29.9 Å². The number of fused-ring (bicyclic) bond motifs is 1. The predicted molar refractivity (Wildman–Crippen MR) is 203 cm³/mol. The van der Waals surface area contributed by atoms with Gasteiger partial charge in [-0.05, 0) is 37.2 Å². The number of rotatable bonds is 12. The molecule has 0 radical (unpaired) electrons. The Kier molecular flexibility index (Phi) is 11.1. The fourth-order valence-electron chi connectivity index (χ4n) is 6.41. The van der Waals surface area contributed by atoms with E-state index in [0.717, 1.165) is 23.1 Å². The van der Waals surface area contributed by atoms with Crippen LogP contribution in [0, 0.1) is 0 Å². The van der Waals surface area contributed by atoms with Gasteiger partial charge in [-0.1, -0.05) is 65.7 Å². The van der Waals surface area contributed by atoms with Crippen LogP contribution in [0.5, 0.6) is 5.88 Å². The van der Waals surface area contributed by atoms with Crippen LogP contribution in [0.4, 0.5) is 5.69 Å². The van der Waals surface area contributed by atoms with Crippen molar-refractivity contribution in [2.45, 2.75) is 38.1 Å². The summed E-state index contributed by atoms with van der Waals surface area (Å²) in [7, 11) is 6.70. The Balaban J connectivity index is 1.27. The second kappa shape index (κ2) is 15.7. The molecular weight excluding hydrogens is 705 g/mol. The van der Waals surface area contributed by atoms with Gasteiger partial charge in [0.1, 0.15) is 11.3 Å². The number of carbonyl (C=O) groups excluding carboxylic acids is 2. The quantitative estimate of drug-likeness (QED) is 0.161. The zero-order valence-electron chi connectivity index (χ0n) is 29.2. The van der Waals surface area contributed by atoms with Crippen molar-refractivity contribution in [1.29, 1.82) is 0 Å². The van der Waals surface area contributed by atoms with Gasteiger partial charge in [0.25, 0.3) is 5.56 Å². The Morgan fingerprint density at radius 3 is 2.42 bits per heavy atom. The first-order valence-corrected chi connectivity index (χ1v) is 17.5. The minimum Gasteiger partial charge on any atom is -0.481 e. The number of aliphatic hydroxyl groups excluding tert-OH is 1. The first-order valence-electron chi connectivity index (χ1n) is 16.7. The Morgan fingerprint density at radius 1 is 1.06 bits per heavy atom. The molecule has 1 aliphatic heterocycles. The molecule has 1 fully saturated rings. The fourth-order valence-corrected chi connectivity index (χ4v) is 7.08. The lowest BCUT2D eigenvalue weighted by Crippen LogP contribution is -2.40. The van der Waals surface area contributed by atoms with Crippen molar-refractivity contribution in [2.24, 2.45) is 0 Å². The number of hydrogen-bond acceptors (Lipinski definition) is 9. The Labute approximate surface area is 311 Å². The average Bonchev–Trinajstić information content (AvgIpc) is 3.58. The third kappa shape index (κ3) is 7.61. The molecule has 0 bridgehead atoms. The van der Waals surface area contributed by atoms with Crippen molar-refractivity contribution >= 4 is 46.4 Å². The maximum Gasteiger partial charge on any atom is 0.281 e. The van der Waals surface area contributed by atoms with Gasteiger partial charge in [-0.25, -0.2) is 9.97 Å². The molecule has 2 aromatic carbocycles. The van der Waals surface area contributed by atoms with Crippen LogP contribution in [0.25, 0.3) is 39.2 Å². The molecule has 4 heterocycles. The number of methoxy groups -OCH3 is 1. The number of pyridine rings is 2. The summed E-state index contributed by atoms with van der Waals surface area (Å²) in [5, 5.41) is 16.7. The monoisotopic (exact) mass is 743 g/mol. The van der Waals surface area contributed by atoms with Crippen LogP contribution >= 0.6 is 23.2 Å². The van der Waals surface area contributed by atoms with Crippen molar-refractivity contribution in [3.8, 4) is 39.4 Å². The largest absolute Gasteiger partial charge is 0.481 e. The van der Waals surface area contributed by atoms with Crippen LogP contribution in [0.1, 0.15) is 24.8 Å².